The lowest BCUT2D eigenvalue weighted by molar-refractivity contribution is 0.478. The lowest BCUT2D eigenvalue weighted by Gasteiger charge is -2.24. The first-order chi connectivity index (χ1) is 16.2. The Morgan fingerprint density at radius 3 is 2.56 bits per heavy atom. The van der Waals surface area contributed by atoms with Crippen LogP contribution in [0.5, 0.6) is 5.75 Å². The molecule has 0 radical (unpaired) electrons. The molecule has 7 nitrogen and oxygen atoms in total. The molecular formula is C25H21ClFN5O2. The first-order valence-corrected chi connectivity index (χ1v) is 10.8. The van der Waals surface area contributed by atoms with E-state index in [1.807, 2.05) is 32.8 Å². The molecule has 3 aromatic heterocycles. The topological polar surface area (TPSA) is 95.0 Å². The zero-order valence-electron chi connectivity index (χ0n) is 19.0. The Labute approximate surface area is 200 Å². The van der Waals surface area contributed by atoms with E-state index >= 15 is 0 Å². The van der Waals surface area contributed by atoms with Crippen LogP contribution in [0, 0.1) is 17.1 Å². The highest BCUT2D eigenvalue weighted by atomic mass is 35.5. The van der Waals surface area contributed by atoms with Crippen LogP contribution in [-0.2, 0) is 0 Å². The normalized spacial score (nSPS) is 11.1. The maximum atomic E-state index is 14.6. The number of pyridine rings is 3. The third kappa shape index (κ3) is 3.64. The van der Waals surface area contributed by atoms with Gasteiger partial charge in [0.25, 0.3) is 5.56 Å². The van der Waals surface area contributed by atoms with Crippen molar-refractivity contribution in [2.24, 2.45) is 0 Å². The minimum absolute atomic E-state index is 0.0298. The summed E-state index contributed by atoms with van der Waals surface area (Å²) in [5, 5.41) is 20.6. The molecule has 0 aliphatic heterocycles. The van der Waals surface area contributed by atoms with Crippen LogP contribution < -0.4 is 10.5 Å². The number of anilines is 1. The third-order valence-corrected chi connectivity index (χ3v) is 5.79. The summed E-state index contributed by atoms with van der Waals surface area (Å²) in [5.74, 6) is -1.16. The fourth-order valence-electron chi connectivity index (χ4n) is 3.89. The van der Waals surface area contributed by atoms with Gasteiger partial charge in [-0.15, -0.1) is 0 Å². The van der Waals surface area contributed by atoms with Gasteiger partial charge in [-0.3, -0.25) is 14.3 Å². The van der Waals surface area contributed by atoms with E-state index in [-0.39, 0.29) is 33.2 Å². The zero-order chi connectivity index (χ0) is 24.7. The van der Waals surface area contributed by atoms with Crippen molar-refractivity contribution in [3.63, 3.8) is 0 Å². The second kappa shape index (κ2) is 8.76. The van der Waals surface area contributed by atoms with Gasteiger partial charge in [0.1, 0.15) is 17.6 Å². The summed E-state index contributed by atoms with van der Waals surface area (Å²) in [6.45, 7) is 3.86. The van der Waals surface area contributed by atoms with E-state index in [0.29, 0.717) is 17.1 Å². The summed E-state index contributed by atoms with van der Waals surface area (Å²) >= 11 is 6.45. The standard InChI is InChI=1S/C25H21ClFN5O2/c1-13(2)20-22(19(31(3)4)9-10-29-20)32-24-15(23(33)16(12-28)25(32)34)11-17(26)21(30-24)14-7-5-6-8-18(14)27/h5-11,13,33H,1-4H3. The second-order valence-electron chi connectivity index (χ2n) is 8.26. The third-order valence-electron chi connectivity index (χ3n) is 5.50. The molecule has 0 atom stereocenters. The SMILES string of the molecule is CC(C)c1nccc(N(C)C)c1-n1c(=O)c(C#N)c(O)c2cc(Cl)c(-c3ccccc3F)nc21. The molecule has 34 heavy (non-hydrogen) atoms. The summed E-state index contributed by atoms with van der Waals surface area (Å²) in [5.41, 5.74) is 0.720. The second-order valence-corrected chi connectivity index (χ2v) is 8.67. The highest BCUT2D eigenvalue weighted by molar-refractivity contribution is 6.33. The molecule has 0 bridgehead atoms. The van der Waals surface area contributed by atoms with E-state index in [0.717, 1.165) is 0 Å². The predicted molar refractivity (Wildman–Crippen MR) is 130 cm³/mol. The smallest absolute Gasteiger partial charge is 0.278 e. The Hall–Kier alpha value is -3.96. The summed E-state index contributed by atoms with van der Waals surface area (Å²) in [7, 11) is 3.63. The summed E-state index contributed by atoms with van der Waals surface area (Å²) in [4.78, 5) is 24.4. The molecule has 0 aliphatic rings. The van der Waals surface area contributed by atoms with Crippen LogP contribution >= 0.6 is 11.6 Å². The molecule has 1 N–H and O–H groups in total. The molecule has 0 saturated carbocycles. The Kier molecular flexibility index (Phi) is 5.98. The number of rotatable bonds is 4. The quantitative estimate of drug-likeness (QED) is 0.444. The van der Waals surface area contributed by atoms with Crippen LogP contribution in [0.1, 0.15) is 31.0 Å². The van der Waals surface area contributed by atoms with Crippen LogP contribution in [0.25, 0.3) is 28.0 Å². The highest BCUT2D eigenvalue weighted by Crippen LogP contribution is 2.37. The van der Waals surface area contributed by atoms with Crippen LogP contribution in [0.4, 0.5) is 10.1 Å². The Morgan fingerprint density at radius 2 is 1.94 bits per heavy atom. The van der Waals surface area contributed by atoms with Crippen molar-refractivity contribution < 1.29 is 9.50 Å². The van der Waals surface area contributed by atoms with E-state index < -0.39 is 22.7 Å². The van der Waals surface area contributed by atoms with Gasteiger partial charge < -0.3 is 10.0 Å². The summed E-state index contributed by atoms with van der Waals surface area (Å²) < 4.78 is 15.9. The molecule has 9 heteroatoms. The number of aromatic hydroxyl groups is 1. The molecule has 0 aliphatic carbocycles. The molecule has 0 unspecified atom stereocenters. The van der Waals surface area contributed by atoms with Gasteiger partial charge in [-0.25, -0.2) is 9.37 Å². The Morgan fingerprint density at radius 1 is 1.24 bits per heavy atom. The maximum absolute atomic E-state index is 14.6. The van der Waals surface area contributed by atoms with Crippen LogP contribution in [0.2, 0.25) is 5.02 Å². The van der Waals surface area contributed by atoms with E-state index in [4.69, 9.17) is 11.6 Å². The van der Waals surface area contributed by atoms with E-state index in [2.05, 4.69) is 9.97 Å². The van der Waals surface area contributed by atoms with Gasteiger partial charge >= 0.3 is 0 Å². The minimum Gasteiger partial charge on any atom is -0.506 e. The molecule has 4 rings (SSSR count). The number of aromatic nitrogens is 3. The molecule has 0 fully saturated rings. The van der Waals surface area contributed by atoms with Gasteiger partial charge in [0.05, 0.1) is 33.2 Å². The number of nitriles is 1. The average molecular weight is 478 g/mol. The highest BCUT2D eigenvalue weighted by Gasteiger charge is 2.26. The minimum atomic E-state index is -0.764. The maximum Gasteiger partial charge on any atom is 0.278 e. The van der Waals surface area contributed by atoms with Gasteiger partial charge in [0, 0.05) is 25.9 Å². The van der Waals surface area contributed by atoms with Crippen molar-refractivity contribution in [1.29, 1.82) is 5.26 Å². The van der Waals surface area contributed by atoms with Crippen molar-refractivity contribution in [1.82, 2.24) is 14.5 Å². The van der Waals surface area contributed by atoms with Crippen molar-refractivity contribution in [2.75, 3.05) is 19.0 Å². The lowest BCUT2D eigenvalue weighted by Crippen LogP contribution is -2.26. The summed E-state index contributed by atoms with van der Waals surface area (Å²) in [6.07, 6.45) is 1.64. The van der Waals surface area contributed by atoms with Crippen molar-refractivity contribution in [2.45, 2.75) is 19.8 Å². The number of halogens is 2. The van der Waals surface area contributed by atoms with Gasteiger partial charge in [0.2, 0.25) is 0 Å². The fourth-order valence-corrected chi connectivity index (χ4v) is 4.14. The van der Waals surface area contributed by atoms with Crippen molar-refractivity contribution in [3.05, 3.63) is 75.0 Å². The number of hydrogen-bond acceptors (Lipinski definition) is 6. The summed E-state index contributed by atoms with van der Waals surface area (Å²) in [6, 6.07) is 10.9. The Balaban J connectivity index is 2.26. The Bertz CT molecular complexity index is 1510. The monoisotopic (exact) mass is 477 g/mol. The van der Waals surface area contributed by atoms with Crippen LogP contribution in [-0.4, -0.2) is 33.7 Å². The van der Waals surface area contributed by atoms with Crippen molar-refractivity contribution in [3.8, 4) is 28.8 Å². The first-order valence-electron chi connectivity index (χ1n) is 10.5. The van der Waals surface area contributed by atoms with E-state index in [9.17, 15) is 19.6 Å². The zero-order valence-corrected chi connectivity index (χ0v) is 19.7. The number of hydrogen-bond donors (Lipinski definition) is 1. The van der Waals surface area contributed by atoms with E-state index in [1.165, 1.54) is 22.8 Å². The molecule has 0 spiro atoms. The van der Waals surface area contributed by atoms with Crippen LogP contribution in [0.3, 0.4) is 0 Å². The lowest BCUT2D eigenvalue weighted by atomic mass is 10.0. The van der Waals surface area contributed by atoms with Gasteiger partial charge in [-0.2, -0.15) is 5.26 Å². The predicted octanol–water partition coefficient (Wildman–Crippen LogP) is 5.01. The molecule has 0 amide bonds. The first kappa shape index (κ1) is 23.2. The fraction of sp³-hybridized carbons (Fsp3) is 0.200. The molecule has 172 valence electrons. The van der Waals surface area contributed by atoms with Crippen molar-refractivity contribution >= 4 is 28.3 Å². The van der Waals surface area contributed by atoms with E-state index in [1.54, 1.807) is 30.5 Å². The van der Waals surface area contributed by atoms with Gasteiger partial charge in [-0.05, 0) is 30.2 Å². The molecule has 4 aromatic rings. The molecule has 3 heterocycles. The van der Waals surface area contributed by atoms with Crippen LogP contribution in [0.15, 0.2) is 47.4 Å². The number of benzene rings is 1. The molecular weight excluding hydrogens is 457 g/mol. The number of nitrogens with zero attached hydrogens (tertiary/aromatic N) is 5. The largest absolute Gasteiger partial charge is 0.506 e. The molecule has 1 aromatic carbocycles. The van der Waals surface area contributed by atoms with Gasteiger partial charge in [0.15, 0.2) is 11.2 Å². The van der Waals surface area contributed by atoms with Gasteiger partial charge in [-0.1, -0.05) is 37.6 Å². The average Bonchev–Trinajstić information content (AvgIpc) is 2.80. The molecule has 0 saturated heterocycles. The number of fused-ring (bicyclic) bond motifs is 1.